The van der Waals surface area contributed by atoms with Crippen molar-refractivity contribution in [1.29, 1.82) is 0 Å². The average molecular weight is 417 g/mol. The van der Waals surface area contributed by atoms with Gasteiger partial charge in [0.1, 0.15) is 6.10 Å². The van der Waals surface area contributed by atoms with Gasteiger partial charge in [-0.25, -0.2) is 0 Å². The normalized spacial score (nSPS) is 57.6. The van der Waals surface area contributed by atoms with Crippen LogP contribution in [-0.2, 0) is 4.74 Å². The van der Waals surface area contributed by atoms with E-state index in [2.05, 4.69) is 40.7 Å². The fourth-order valence-electron chi connectivity index (χ4n) is 9.60. The molecule has 1 saturated heterocycles. The molecule has 12 atom stereocenters. The highest BCUT2D eigenvalue weighted by molar-refractivity contribution is 5.15. The molecule has 170 valence electrons. The number of allylic oxidation sites excluding steroid dienone is 1. The summed E-state index contributed by atoms with van der Waals surface area (Å²) >= 11 is 0. The smallest absolute Gasteiger partial charge is 0.102 e. The van der Waals surface area contributed by atoms with Crippen LogP contribution >= 0.6 is 0 Å². The van der Waals surface area contributed by atoms with E-state index >= 15 is 0 Å². The van der Waals surface area contributed by atoms with Crippen molar-refractivity contribution in [3.63, 3.8) is 0 Å². The molecule has 4 aliphatic carbocycles. The Bertz CT molecular complexity index is 698. The molecule has 5 unspecified atom stereocenters. The molecule has 2 N–H and O–H groups in total. The highest BCUT2D eigenvalue weighted by Gasteiger charge is 2.65. The van der Waals surface area contributed by atoms with Crippen molar-refractivity contribution in [2.45, 2.75) is 110 Å². The minimum atomic E-state index is -0.387. The van der Waals surface area contributed by atoms with Crippen LogP contribution in [0.15, 0.2) is 11.6 Å². The Balaban J connectivity index is 1.43. The molecule has 0 amide bonds. The van der Waals surface area contributed by atoms with E-state index in [1.54, 1.807) is 0 Å². The second-order valence-electron chi connectivity index (χ2n) is 12.6. The van der Waals surface area contributed by atoms with Crippen LogP contribution in [0.2, 0.25) is 0 Å². The predicted molar refractivity (Wildman–Crippen MR) is 120 cm³/mol. The summed E-state index contributed by atoms with van der Waals surface area (Å²) in [6, 6.07) is 0. The van der Waals surface area contributed by atoms with Crippen molar-refractivity contribution in [2.75, 3.05) is 0 Å². The van der Waals surface area contributed by atoms with Gasteiger partial charge in [-0.1, -0.05) is 32.4 Å². The van der Waals surface area contributed by atoms with Crippen LogP contribution in [-0.4, -0.2) is 34.6 Å². The van der Waals surface area contributed by atoms with Crippen LogP contribution in [0.5, 0.6) is 0 Å². The quantitative estimate of drug-likeness (QED) is 0.567. The second kappa shape index (κ2) is 7.32. The first-order valence-electron chi connectivity index (χ1n) is 12.8. The van der Waals surface area contributed by atoms with E-state index in [1.165, 1.54) is 44.1 Å². The van der Waals surface area contributed by atoms with Gasteiger partial charge < -0.3 is 14.9 Å². The zero-order chi connectivity index (χ0) is 21.4. The van der Waals surface area contributed by atoms with E-state index in [9.17, 15) is 10.2 Å². The standard InChI is InChI=1S/C27H44O3/c1-15(2)12-23-25(29)16(3)24-22(30-23)14-21-19-7-6-17-13-18(28)8-10-26(17,4)20(19)9-11-27(21,24)5/h12,16-25,28-29H,6-11,13-14H2,1-5H3/t16-,17?,18?,19+,20-,21-,22?,23?,24-,25?,26-,27-/m0/s1. The van der Waals surface area contributed by atoms with E-state index in [-0.39, 0.29) is 18.3 Å². The van der Waals surface area contributed by atoms with Gasteiger partial charge in [0.05, 0.1) is 18.3 Å². The van der Waals surface area contributed by atoms with Gasteiger partial charge in [-0.3, -0.25) is 0 Å². The van der Waals surface area contributed by atoms with Crippen LogP contribution in [0.1, 0.15) is 86.0 Å². The monoisotopic (exact) mass is 416 g/mol. The minimum absolute atomic E-state index is 0.0643. The molecular weight excluding hydrogens is 372 g/mol. The number of rotatable bonds is 1. The van der Waals surface area contributed by atoms with Gasteiger partial charge >= 0.3 is 0 Å². The van der Waals surface area contributed by atoms with Gasteiger partial charge in [0.15, 0.2) is 0 Å². The summed E-state index contributed by atoms with van der Waals surface area (Å²) in [5.74, 6) is 3.86. The molecule has 4 saturated carbocycles. The maximum atomic E-state index is 11.1. The molecule has 5 rings (SSSR count). The lowest BCUT2D eigenvalue weighted by Gasteiger charge is -2.61. The van der Waals surface area contributed by atoms with E-state index in [4.69, 9.17) is 4.74 Å². The van der Waals surface area contributed by atoms with Gasteiger partial charge in [-0.2, -0.15) is 0 Å². The number of hydrogen-bond acceptors (Lipinski definition) is 3. The molecule has 1 heterocycles. The zero-order valence-corrected chi connectivity index (χ0v) is 19.8. The van der Waals surface area contributed by atoms with E-state index < -0.39 is 0 Å². The van der Waals surface area contributed by atoms with E-state index in [0.717, 1.165) is 36.5 Å². The Morgan fingerprint density at radius 3 is 2.40 bits per heavy atom. The Hall–Kier alpha value is -0.380. The molecule has 0 spiro atoms. The van der Waals surface area contributed by atoms with Crippen molar-refractivity contribution in [3.05, 3.63) is 11.6 Å². The Morgan fingerprint density at radius 1 is 0.933 bits per heavy atom. The maximum absolute atomic E-state index is 11.1. The molecule has 0 radical (unpaired) electrons. The second-order valence-corrected chi connectivity index (χ2v) is 12.6. The summed E-state index contributed by atoms with van der Waals surface area (Å²) in [5, 5.41) is 21.4. The molecule has 30 heavy (non-hydrogen) atoms. The van der Waals surface area contributed by atoms with Crippen LogP contribution in [0.3, 0.4) is 0 Å². The summed E-state index contributed by atoms with van der Waals surface area (Å²) in [6.45, 7) is 11.6. The molecule has 0 aromatic carbocycles. The summed E-state index contributed by atoms with van der Waals surface area (Å²) in [4.78, 5) is 0. The fourth-order valence-corrected chi connectivity index (χ4v) is 9.60. The maximum Gasteiger partial charge on any atom is 0.102 e. The Morgan fingerprint density at radius 2 is 1.67 bits per heavy atom. The van der Waals surface area contributed by atoms with Crippen molar-refractivity contribution < 1.29 is 14.9 Å². The van der Waals surface area contributed by atoms with Crippen LogP contribution in [0.4, 0.5) is 0 Å². The zero-order valence-electron chi connectivity index (χ0n) is 19.8. The molecule has 3 heteroatoms. The van der Waals surface area contributed by atoms with E-state index in [1.807, 2.05) is 0 Å². The molecule has 5 fully saturated rings. The number of fused-ring (bicyclic) bond motifs is 7. The van der Waals surface area contributed by atoms with Crippen molar-refractivity contribution in [3.8, 4) is 0 Å². The summed E-state index contributed by atoms with van der Waals surface area (Å²) in [5.41, 5.74) is 1.96. The third-order valence-corrected chi connectivity index (χ3v) is 11.0. The van der Waals surface area contributed by atoms with Crippen LogP contribution in [0.25, 0.3) is 0 Å². The molecule has 0 bridgehead atoms. The van der Waals surface area contributed by atoms with Crippen molar-refractivity contribution >= 4 is 0 Å². The van der Waals surface area contributed by atoms with Crippen molar-refractivity contribution in [1.82, 2.24) is 0 Å². The van der Waals surface area contributed by atoms with Crippen LogP contribution in [0, 0.1) is 46.3 Å². The first kappa shape index (κ1) is 21.5. The summed E-state index contributed by atoms with van der Waals surface area (Å²) in [7, 11) is 0. The summed E-state index contributed by atoms with van der Waals surface area (Å²) < 4.78 is 6.63. The number of aliphatic hydroxyl groups excluding tert-OH is 2. The Kier molecular flexibility index (Phi) is 5.24. The number of hydrogen-bond donors (Lipinski definition) is 2. The topological polar surface area (TPSA) is 49.7 Å². The molecule has 1 aliphatic heterocycles. The van der Waals surface area contributed by atoms with Gasteiger partial charge in [0, 0.05) is 0 Å². The molecular formula is C27H44O3. The third kappa shape index (κ3) is 3.01. The number of aliphatic hydroxyl groups is 2. The van der Waals surface area contributed by atoms with Gasteiger partial charge in [0.25, 0.3) is 0 Å². The lowest BCUT2D eigenvalue weighted by atomic mass is 9.44. The van der Waals surface area contributed by atoms with E-state index in [0.29, 0.717) is 28.8 Å². The SMILES string of the molecule is CC(C)=CC1OC2C[C@H]3[C@@H]4CCC5CC(O)CC[C@]5(C)[C@H]4CC[C@]3(C)[C@H]2[C@H](C)C1O. The minimum Gasteiger partial charge on any atom is -0.393 e. The highest BCUT2D eigenvalue weighted by Crippen LogP contribution is 2.69. The largest absolute Gasteiger partial charge is 0.393 e. The molecule has 5 aliphatic rings. The third-order valence-electron chi connectivity index (χ3n) is 11.0. The Labute approximate surface area is 183 Å². The number of ether oxygens (including phenoxy) is 1. The van der Waals surface area contributed by atoms with Crippen molar-refractivity contribution in [2.24, 2.45) is 46.3 Å². The summed E-state index contributed by atoms with van der Waals surface area (Å²) in [6.07, 6.45) is 11.6. The van der Waals surface area contributed by atoms with Gasteiger partial charge in [-0.05, 0) is 112 Å². The molecule has 0 aromatic rings. The average Bonchev–Trinajstić information content (AvgIpc) is 2.98. The lowest BCUT2D eigenvalue weighted by Crippen LogP contribution is -2.56. The predicted octanol–water partition coefficient (Wildman–Crippen LogP) is 5.35. The fraction of sp³-hybridized carbons (Fsp3) is 0.926. The lowest BCUT2D eigenvalue weighted by molar-refractivity contribution is -0.171. The van der Waals surface area contributed by atoms with Crippen LogP contribution < -0.4 is 0 Å². The van der Waals surface area contributed by atoms with Gasteiger partial charge in [-0.15, -0.1) is 0 Å². The highest BCUT2D eigenvalue weighted by atomic mass is 16.5. The molecule has 3 nitrogen and oxygen atoms in total. The molecule has 0 aromatic heterocycles. The first-order valence-corrected chi connectivity index (χ1v) is 12.8. The first-order chi connectivity index (χ1) is 14.1. The van der Waals surface area contributed by atoms with Gasteiger partial charge in [0.2, 0.25) is 0 Å².